The van der Waals surface area contributed by atoms with E-state index in [1.165, 1.54) is 4.57 Å². The summed E-state index contributed by atoms with van der Waals surface area (Å²) >= 11 is 0. The molecule has 126 valence electrons. The van der Waals surface area contributed by atoms with E-state index in [1.807, 2.05) is 52.8 Å². The molecule has 1 unspecified atom stereocenters. The molecule has 0 bridgehead atoms. The number of aromatic amines is 1. The second kappa shape index (κ2) is 6.88. The number of H-pyrrole nitrogens is 1. The van der Waals surface area contributed by atoms with Crippen molar-refractivity contribution < 1.29 is 0 Å². The topological polar surface area (TPSA) is 78.7 Å². The molecule has 1 heterocycles. The third kappa shape index (κ3) is 3.18. The molecule has 1 atom stereocenters. The van der Waals surface area contributed by atoms with Gasteiger partial charge in [-0.05, 0) is 32.3 Å². The predicted octanol–water partition coefficient (Wildman–Crippen LogP) is 2.95. The zero-order valence-corrected chi connectivity index (χ0v) is 14.8. The van der Waals surface area contributed by atoms with Crippen molar-refractivity contribution in [2.24, 2.45) is 0 Å². The van der Waals surface area contributed by atoms with Crippen LogP contribution in [0.5, 0.6) is 0 Å². The number of nitriles is 1. The maximum absolute atomic E-state index is 12.4. The number of hydrogen-bond acceptors (Lipinski definition) is 3. The van der Waals surface area contributed by atoms with Crippen molar-refractivity contribution in [2.75, 3.05) is 0 Å². The number of nitrogens with zero attached hydrogens (tertiary/aromatic N) is 2. The van der Waals surface area contributed by atoms with Gasteiger partial charge in [0.1, 0.15) is 5.92 Å². The van der Waals surface area contributed by atoms with Gasteiger partial charge in [-0.2, -0.15) is 5.26 Å². The lowest BCUT2D eigenvalue weighted by atomic mass is 9.88. The fraction of sp³-hybridized carbons (Fsp3) is 0.421. The molecule has 0 saturated carbocycles. The lowest BCUT2D eigenvalue weighted by molar-refractivity contribution is 0.617. The molecule has 5 heteroatoms. The minimum absolute atomic E-state index is 0.0936. The Labute approximate surface area is 141 Å². The van der Waals surface area contributed by atoms with Crippen molar-refractivity contribution in [1.82, 2.24) is 9.55 Å². The molecule has 1 aromatic heterocycles. The van der Waals surface area contributed by atoms with E-state index in [1.54, 1.807) is 0 Å². The zero-order chi connectivity index (χ0) is 18.0. The van der Waals surface area contributed by atoms with E-state index < -0.39 is 17.2 Å². The molecule has 1 aromatic carbocycles. The van der Waals surface area contributed by atoms with Crippen LogP contribution in [-0.2, 0) is 6.54 Å². The van der Waals surface area contributed by atoms with Crippen LogP contribution in [0.3, 0.4) is 0 Å². The van der Waals surface area contributed by atoms with Gasteiger partial charge in [0.05, 0.1) is 11.8 Å². The summed E-state index contributed by atoms with van der Waals surface area (Å²) < 4.78 is 1.50. The number of nitrogens with one attached hydrogen (secondary N) is 1. The van der Waals surface area contributed by atoms with E-state index in [-0.39, 0.29) is 5.92 Å². The third-order valence-corrected chi connectivity index (χ3v) is 4.15. The third-order valence-electron chi connectivity index (χ3n) is 4.15. The Bertz CT molecular complexity index is 893. The van der Waals surface area contributed by atoms with Crippen LogP contribution in [0.25, 0.3) is 0 Å². The molecule has 0 saturated heterocycles. The van der Waals surface area contributed by atoms with Crippen LogP contribution in [0.15, 0.2) is 27.8 Å². The average molecular weight is 325 g/mol. The molecule has 0 amide bonds. The van der Waals surface area contributed by atoms with Crippen LogP contribution in [-0.4, -0.2) is 9.55 Å². The monoisotopic (exact) mass is 325 g/mol. The maximum atomic E-state index is 12.4. The van der Waals surface area contributed by atoms with Crippen LogP contribution >= 0.6 is 0 Å². The van der Waals surface area contributed by atoms with Crippen LogP contribution in [0, 0.1) is 25.2 Å². The number of aromatic nitrogens is 2. The van der Waals surface area contributed by atoms with Crippen molar-refractivity contribution in [2.45, 2.75) is 53.0 Å². The number of aryl methyl sites for hydroxylation is 2. The fourth-order valence-electron chi connectivity index (χ4n) is 3.26. The summed E-state index contributed by atoms with van der Waals surface area (Å²) in [7, 11) is 0. The fourth-order valence-corrected chi connectivity index (χ4v) is 3.26. The lowest BCUT2D eigenvalue weighted by Crippen LogP contribution is -2.36. The van der Waals surface area contributed by atoms with E-state index in [0.29, 0.717) is 17.8 Å². The number of rotatable bonds is 4. The Hall–Kier alpha value is -2.61. The molecule has 2 aromatic rings. The first-order valence-corrected chi connectivity index (χ1v) is 8.14. The Balaban J connectivity index is 2.88. The lowest BCUT2D eigenvalue weighted by Gasteiger charge is -2.21. The SMILES string of the molecule is CCn1c(C(C#N)c2cc(C)cc(C)c2)c(C(C)C)c(=O)[nH]c1=O. The first kappa shape index (κ1) is 17.7. The maximum Gasteiger partial charge on any atom is 0.328 e. The molecule has 0 spiro atoms. The summed E-state index contributed by atoms with van der Waals surface area (Å²) in [5.41, 5.74) is 3.05. The molecule has 2 rings (SSSR count). The standard InChI is InChI=1S/C19H23N3O2/c1-6-22-17(16(11(2)3)18(23)21-19(22)24)15(10-20)14-8-12(4)7-13(5)9-14/h7-9,11,15H,6H2,1-5H3,(H,21,23,24). The summed E-state index contributed by atoms with van der Waals surface area (Å²) in [6, 6.07) is 8.22. The van der Waals surface area contributed by atoms with Crippen LogP contribution in [0.2, 0.25) is 0 Å². The molecule has 0 aliphatic rings. The van der Waals surface area contributed by atoms with Gasteiger partial charge in [0.2, 0.25) is 0 Å². The minimum Gasteiger partial charge on any atom is -0.296 e. The van der Waals surface area contributed by atoms with Crippen LogP contribution < -0.4 is 11.2 Å². The van der Waals surface area contributed by atoms with Gasteiger partial charge < -0.3 is 0 Å². The van der Waals surface area contributed by atoms with Gasteiger partial charge in [0, 0.05) is 12.1 Å². The largest absolute Gasteiger partial charge is 0.328 e. The Morgan fingerprint density at radius 2 is 1.75 bits per heavy atom. The molecular weight excluding hydrogens is 302 g/mol. The van der Waals surface area contributed by atoms with Gasteiger partial charge in [-0.25, -0.2) is 4.79 Å². The highest BCUT2D eigenvalue weighted by molar-refractivity contribution is 5.42. The van der Waals surface area contributed by atoms with E-state index in [4.69, 9.17) is 0 Å². The van der Waals surface area contributed by atoms with Crippen LogP contribution in [0.1, 0.15) is 60.6 Å². The highest BCUT2D eigenvalue weighted by atomic mass is 16.2. The van der Waals surface area contributed by atoms with Crippen molar-refractivity contribution in [3.63, 3.8) is 0 Å². The molecule has 24 heavy (non-hydrogen) atoms. The molecule has 1 N–H and O–H groups in total. The summed E-state index contributed by atoms with van der Waals surface area (Å²) in [6.07, 6.45) is 0. The smallest absolute Gasteiger partial charge is 0.296 e. The van der Waals surface area contributed by atoms with Crippen molar-refractivity contribution in [3.05, 3.63) is 67.0 Å². The van der Waals surface area contributed by atoms with Crippen molar-refractivity contribution in [1.29, 1.82) is 5.26 Å². The molecule has 5 nitrogen and oxygen atoms in total. The summed E-state index contributed by atoms with van der Waals surface area (Å²) in [5, 5.41) is 9.85. The van der Waals surface area contributed by atoms with Crippen molar-refractivity contribution in [3.8, 4) is 6.07 Å². The van der Waals surface area contributed by atoms with Gasteiger partial charge in [-0.3, -0.25) is 14.3 Å². The van der Waals surface area contributed by atoms with Crippen LogP contribution in [0.4, 0.5) is 0 Å². The van der Waals surface area contributed by atoms with Crippen molar-refractivity contribution >= 4 is 0 Å². The zero-order valence-electron chi connectivity index (χ0n) is 14.8. The van der Waals surface area contributed by atoms with Gasteiger partial charge >= 0.3 is 5.69 Å². The second-order valence-corrected chi connectivity index (χ2v) is 6.44. The van der Waals surface area contributed by atoms with E-state index in [2.05, 4.69) is 11.1 Å². The predicted molar refractivity (Wildman–Crippen MR) is 94.5 cm³/mol. The van der Waals surface area contributed by atoms with E-state index >= 15 is 0 Å². The number of benzene rings is 1. The second-order valence-electron chi connectivity index (χ2n) is 6.44. The first-order chi connectivity index (χ1) is 11.3. The summed E-state index contributed by atoms with van der Waals surface area (Å²) in [6.45, 7) is 9.97. The number of hydrogen-bond donors (Lipinski definition) is 1. The molecule has 0 aliphatic heterocycles. The molecular formula is C19H23N3O2. The average Bonchev–Trinajstić information content (AvgIpc) is 2.46. The van der Waals surface area contributed by atoms with Gasteiger partial charge in [-0.15, -0.1) is 0 Å². The quantitative estimate of drug-likeness (QED) is 0.938. The Kier molecular flexibility index (Phi) is 5.08. The molecule has 0 fully saturated rings. The highest BCUT2D eigenvalue weighted by Crippen LogP contribution is 2.29. The normalized spacial score (nSPS) is 12.2. The van der Waals surface area contributed by atoms with E-state index in [9.17, 15) is 14.9 Å². The van der Waals surface area contributed by atoms with Gasteiger partial charge in [-0.1, -0.05) is 43.2 Å². The van der Waals surface area contributed by atoms with E-state index in [0.717, 1.165) is 16.7 Å². The highest BCUT2D eigenvalue weighted by Gasteiger charge is 2.26. The molecule has 0 aliphatic carbocycles. The Morgan fingerprint density at radius 3 is 2.21 bits per heavy atom. The molecule has 0 radical (unpaired) electrons. The minimum atomic E-state index is -0.657. The summed E-state index contributed by atoms with van der Waals surface area (Å²) in [4.78, 5) is 27.0. The Morgan fingerprint density at radius 1 is 1.17 bits per heavy atom. The van der Waals surface area contributed by atoms with Gasteiger partial charge in [0.15, 0.2) is 0 Å². The summed E-state index contributed by atoms with van der Waals surface area (Å²) in [5.74, 6) is -0.750. The first-order valence-electron chi connectivity index (χ1n) is 8.14. The van der Waals surface area contributed by atoms with Gasteiger partial charge in [0.25, 0.3) is 5.56 Å².